The molecule has 108 valence electrons. The SMILES string of the molecule is O=C(O)N1CCCC(N2CCc3ccccc3C2)CC1. The minimum Gasteiger partial charge on any atom is -0.465 e. The Balaban J connectivity index is 1.65. The van der Waals surface area contributed by atoms with Crippen LogP contribution in [0.3, 0.4) is 0 Å². The summed E-state index contributed by atoms with van der Waals surface area (Å²) in [4.78, 5) is 15.2. The summed E-state index contributed by atoms with van der Waals surface area (Å²) >= 11 is 0. The lowest BCUT2D eigenvalue weighted by atomic mass is 9.97. The number of hydrogen-bond donors (Lipinski definition) is 1. The van der Waals surface area contributed by atoms with E-state index in [2.05, 4.69) is 29.2 Å². The largest absolute Gasteiger partial charge is 0.465 e. The molecule has 0 aromatic heterocycles. The van der Waals surface area contributed by atoms with Crippen molar-refractivity contribution in [2.75, 3.05) is 19.6 Å². The fraction of sp³-hybridized carbons (Fsp3) is 0.562. The highest BCUT2D eigenvalue weighted by Crippen LogP contribution is 2.24. The molecule has 0 saturated carbocycles. The lowest BCUT2D eigenvalue weighted by molar-refractivity contribution is 0.140. The van der Waals surface area contributed by atoms with E-state index in [-0.39, 0.29) is 0 Å². The van der Waals surface area contributed by atoms with Crippen LogP contribution in [0.5, 0.6) is 0 Å². The van der Waals surface area contributed by atoms with Crippen molar-refractivity contribution in [1.29, 1.82) is 0 Å². The molecule has 2 aliphatic heterocycles. The van der Waals surface area contributed by atoms with Gasteiger partial charge >= 0.3 is 6.09 Å². The van der Waals surface area contributed by atoms with Crippen molar-refractivity contribution in [2.45, 2.75) is 38.3 Å². The third-order valence-corrected chi connectivity index (χ3v) is 4.64. The van der Waals surface area contributed by atoms with Gasteiger partial charge in [-0.3, -0.25) is 4.90 Å². The molecule has 20 heavy (non-hydrogen) atoms. The molecule has 1 unspecified atom stereocenters. The second-order valence-electron chi connectivity index (χ2n) is 5.84. The maximum atomic E-state index is 11.1. The van der Waals surface area contributed by atoms with Gasteiger partial charge in [-0.1, -0.05) is 24.3 Å². The summed E-state index contributed by atoms with van der Waals surface area (Å²) in [7, 11) is 0. The van der Waals surface area contributed by atoms with E-state index in [9.17, 15) is 4.79 Å². The van der Waals surface area contributed by atoms with Crippen LogP contribution in [0.15, 0.2) is 24.3 Å². The van der Waals surface area contributed by atoms with E-state index in [4.69, 9.17) is 5.11 Å². The predicted molar refractivity (Wildman–Crippen MR) is 77.8 cm³/mol. The Labute approximate surface area is 120 Å². The van der Waals surface area contributed by atoms with Gasteiger partial charge in [-0.15, -0.1) is 0 Å². The summed E-state index contributed by atoms with van der Waals surface area (Å²) in [6, 6.07) is 9.22. The van der Waals surface area contributed by atoms with E-state index < -0.39 is 6.09 Å². The zero-order valence-electron chi connectivity index (χ0n) is 11.8. The Morgan fingerprint density at radius 3 is 2.70 bits per heavy atom. The van der Waals surface area contributed by atoms with Crippen LogP contribution in [0.25, 0.3) is 0 Å². The number of hydrogen-bond acceptors (Lipinski definition) is 2. The van der Waals surface area contributed by atoms with Gasteiger partial charge in [0.05, 0.1) is 0 Å². The number of amides is 1. The molecule has 1 atom stereocenters. The molecule has 0 aliphatic carbocycles. The smallest absolute Gasteiger partial charge is 0.407 e. The van der Waals surface area contributed by atoms with Gasteiger partial charge in [0, 0.05) is 32.2 Å². The Morgan fingerprint density at radius 1 is 1.10 bits per heavy atom. The molecule has 1 aromatic carbocycles. The second kappa shape index (κ2) is 5.83. The number of rotatable bonds is 1. The first kappa shape index (κ1) is 13.4. The van der Waals surface area contributed by atoms with Gasteiger partial charge < -0.3 is 10.0 Å². The molecule has 1 fully saturated rings. The minimum atomic E-state index is -0.769. The number of nitrogens with zero attached hydrogens (tertiary/aromatic N) is 2. The normalized spacial score (nSPS) is 24.0. The van der Waals surface area contributed by atoms with E-state index >= 15 is 0 Å². The van der Waals surface area contributed by atoms with Crippen LogP contribution in [-0.4, -0.2) is 46.7 Å². The first-order valence-electron chi connectivity index (χ1n) is 7.53. The van der Waals surface area contributed by atoms with Crippen LogP contribution in [0.2, 0.25) is 0 Å². The maximum Gasteiger partial charge on any atom is 0.407 e. The predicted octanol–water partition coefficient (Wildman–Crippen LogP) is 2.58. The molecular weight excluding hydrogens is 252 g/mol. The monoisotopic (exact) mass is 274 g/mol. The molecule has 1 N–H and O–H groups in total. The van der Waals surface area contributed by atoms with Crippen molar-refractivity contribution < 1.29 is 9.90 Å². The van der Waals surface area contributed by atoms with Crippen LogP contribution in [0, 0.1) is 0 Å². The van der Waals surface area contributed by atoms with E-state index in [1.54, 1.807) is 4.90 Å². The third-order valence-electron chi connectivity index (χ3n) is 4.64. The van der Waals surface area contributed by atoms with Crippen LogP contribution < -0.4 is 0 Å². The van der Waals surface area contributed by atoms with Crippen molar-refractivity contribution in [1.82, 2.24) is 9.80 Å². The molecular formula is C16H22N2O2. The van der Waals surface area contributed by atoms with Gasteiger partial charge in [-0.2, -0.15) is 0 Å². The van der Waals surface area contributed by atoms with E-state index in [1.807, 2.05) is 0 Å². The van der Waals surface area contributed by atoms with Gasteiger partial charge in [-0.25, -0.2) is 4.79 Å². The quantitative estimate of drug-likeness (QED) is 0.856. The van der Waals surface area contributed by atoms with Crippen LogP contribution >= 0.6 is 0 Å². The fourth-order valence-corrected chi connectivity index (χ4v) is 3.46. The molecule has 1 saturated heterocycles. The molecule has 0 radical (unpaired) electrons. The molecule has 1 amide bonds. The number of carboxylic acid groups (broad SMARTS) is 1. The number of likely N-dealkylation sites (tertiary alicyclic amines) is 1. The third kappa shape index (κ3) is 2.80. The number of carbonyl (C=O) groups is 1. The van der Waals surface area contributed by atoms with Gasteiger partial charge in [0.2, 0.25) is 0 Å². The highest BCUT2D eigenvalue weighted by molar-refractivity contribution is 5.64. The first-order chi connectivity index (χ1) is 9.74. The average Bonchev–Trinajstić information content (AvgIpc) is 2.73. The van der Waals surface area contributed by atoms with Crippen molar-refractivity contribution >= 4 is 6.09 Å². The Hall–Kier alpha value is -1.55. The lowest BCUT2D eigenvalue weighted by Crippen LogP contribution is -2.40. The molecule has 4 nitrogen and oxygen atoms in total. The minimum absolute atomic E-state index is 0.535. The number of benzene rings is 1. The lowest BCUT2D eigenvalue weighted by Gasteiger charge is -2.35. The van der Waals surface area contributed by atoms with Gasteiger partial charge in [0.1, 0.15) is 0 Å². The second-order valence-corrected chi connectivity index (χ2v) is 5.84. The maximum absolute atomic E-state index is 11.1. The molecule has 0 spiro atoms. The molecule has 1 aromatic rings. The Kier molecular flexibility index (Phi) is 3.92. The van der Waals surface area contributed by atoms with Crippen molar-refractivity contribution in [3.8, 4) is 0 Å². The molecule has 0 bridgehead atoms. The summed E-state index contributed by atoms with van der Waals surface area (Å²) in [5, 5.41) is 9.10. The first-order valence-corrected chi connectivity index (χ1v) is 7.53. The van der Waals surface area contributed by atoms with Gasteiger partial charge in [0.15, 0.2) is 0 Å². The van der Waals surface area contributed by atoms with E-state index in [0.29, 0.717) is 19.1 Å². The van der Waals surface area contributed by atoms with Crippen molar-refractivity contribution in [3.63, 3.8) is 0 Å². The summed E-state index contributed by atoms with van der Waals surface area (Å²) in [5.41, 5.74) is 2.92. The van der Waals surface area contributed by atoms with Crippen molar-refractivity contribution in [2.24, 2.45) is 0 Å². The zero-order chi connectivity index (χ0) is 13.9. The van der Waals surface area contributed by atoms with E-state index in [1.165, 1.54) is 11.1 Å². The van der Waals surface area contributed by atoms with Crippen LogP contribution in [0.1, 0.15) is 30.4 Å². The summed E-state index contributed by atoms with van der Waals surface area (Å²) in [5.74, 6) is 0. The standard InChI is InChI=1S/C16H22N2O2/c19-16(20)17-9-3-6-15(8-11-17)18-10-7-13-4-1-2-5-14(13)12-18/h1-2,4-5,15H,3,6-12H2,(H,19,20). The molecule has 3 rings (SSSR count). The molecule has 2 heterocycles. The Morgan fingerprint density at radius 2 is 1.90 bits per heavy atom. The zero-order valence-corrected chi connectivity index (χ0v) is 11.8. The van der Waals surface area contributed by atoms with Crippen LogP contribution in [-0.2, 0) is 13.0 Å². The fourth-order valence-electron chi connectivity index (χ4n) is 3.46. The topological polar surface area (TPSA) is 43.8 Å². The molecule has 4 heteroatoms. The number of fused-ring (bicyclic) bond motifs is 1. The van der Waals surface area contributed by atoms with Crippen molar-refractivity contribution in [3.05, 3.63) is 35.4 Å². The average molecular weight is 274 g/mol. The highest BCUT2D eigenvalue weighted by Gasteiger charge is 2.26. The molecule has 2 aliphatic rings. The van der Waals surface area contributed by atoms with Crippen LogP contribution in [0.4, 0.5) is 4.79 Å². The summed E-state index contributed by atoms with van der Waals surface area (Å²) < 4.78 is 0. The van der Waals surface area contributed by atoms with Gasteiger partial charge in [-0.05, 0) is 36.8 Å². The summed E-state index contributed by atoms with van der Waals surface area (Å²) in [6.07, 6.45) is 3.42. The highest BCUT2D eigenvalue weighted by atomic mass is 16.4. The van der Waals surface area contributed by atoms with Gasteiger partial charge in [0.25, 0.3) is 0 Å². The van der Waals surface area contributed by atoms with E-state index in [0.717, 1.165) is 38.8 Å². The Bertz CT molecular complexity index is 489. The summed E-state index contributed by atoms with van der Waals surface area (Å²) in [6.45, 7) is 3.50.